The van der Waals surface area contributed by atoms with Crippen LogP contribution in [0.5, 0.6) is 0 Å². The van der Waals surface area contributed by atoms with E-state index < -0.39 is 0 Å². The van der Waals surface area contributed by atoms with Crippen molar-refractivity contribution >= 4 is 34.1 Å². The molecule has 0 aliphatic carbocycles. The Labute approximate surface area is 139 Å². The van der Waals surface area contributed by atoms with E-state index in [1.54, 1.807) is 0 Å². The van der Waals surface area contributed by atoms with Gasteiger partial charge >= 0.3 is 0 Å². The lowest BCUT2D eigenvalue weighted by molar-refractivity contribution is -0.150. The maximum Gasteiger partial charge on any atom is 0.194 e. The maximum atomic E-state index is 6.02. The van der Waals surface area contributed by atoms with Crippen molar-refractivity contribution < 1.29 is 9.25 Å². The Morgan fingerprint density at radius 2 is 2.13 bits per heavy atom. The van der Waals surface area contributed by atoms with Gasteiger partial charge < -0.3 is 9.32 Å². The Balaban J connectivity index is 1.42. The van der Waals surface area contributed by atoms with Crippen molar-refractivity contribution in [1.82, 2.24) is 10.4 Å². The van der Waals surface area contributed by atoms with E-state index in [0.717, 1.165) is 35.5 Å². The average Bonchev–Trinajstić information content (AvgIpc) is 3.11. The predicted molar refractivity (Wildman–Crippen MR) is 89.1 cm³/mol. The van der Waals surface area contributed by atoms with Gasteiger partial charge in [-0.25, -0.2) is 4.99 Å². The number of hydrogen-bond donors (Lipinski definition) is 1. The third-order valence-corrected chi connectivity index (χ3v) is 5.59. The number of nitrogens with zero attached hydrogens (tertiary/aromatic N) is 2. The Hall–Kier alpha value is -1.56. The number of nitrogens with one attached hydrogen (secondary N) is 1. The molecule has 1 N–H and O–H groups in total. The first-order valence-corrected chi connectivity index (χ1v) is 8.51. The van der Waals surface area contributed by atoms with Crippen LogP contribution < -0.4 is 5.48 Å². The molecule has 1 spiro atoms. The monoisotopic (exact) mass is 331 g/mol. The minimum Gasteiger partial charge on any atom is -0.445 e. The predicted octanol–water partition coefficient (Wildman–Crippen LogP) is 3.51. The Kier molecular flexibility index (Phi) is 2.99. The van der Waals surface area contributed by atoms with Gasteiger partial charge in [0.05, 0.1) is 5.69 Å². The summed E-state index contributed by atoms with van der Waals surface area (Å²) in [4.78, 5) is 13.2. The molecule has 6 rings (SSSR count). The smallest absolute Gasteiger partial charge is 0.194 e. The van der Waals surface area contributed by atoms with Crippen molar-refractivity contribution in [1.29, 1.82) is 0 Å². The van der Waals surface area contributed by atoms with Crippen LogP contribution in [-0.4, -0.2) is 36.0 Å². The molecule has 0 radical (unpaired) electrons. The van der Waals surface area contributed by atoms with Crippen molar-refractivity contribution in [2.75, 3.05) is 19.6 Å². The number of halogens is 1. The molecule has 120 valence electrons. The second-order valence-corrected chi connectivity index (χ2v) is 7.20. The fraction of sp³-hybridized carbons (Fsp3) is 0.471. The van der Waals surface area contributed by atoms with E-state index >= 15 is 0 Å². The second kappa shape index (κ2) is 4.97. The largest absolute Gasteiger partial charge is 0.445 e. The molecule has 2 bridgehead atoms. The zero-order valence-electron chi connectivity index (χ0n) is 12.7. The average molecular weight is 332 g/mol. The molecule has 0 saturated carbocycles. The standard InChI is InChI=1S/C17H18ClN3O2/c18-15-7-11-1-2-13(8-14(11)22-15)19-16-9-17(23-20-16)10-21-5-3-12(17)4-6-21/h1-2,7-8,12H,3-6,9-10H2,(H,19,20)/t17-/m0/s1. The summed E-state index contributed by atoms with van der Waals surface area (Å²) in [5.74, 6) is 1.54. The van der Waals surface area contributed by atoms with E-state index in [9.17, 15) is 0 Å². The third kappa shape index (κ3) is 2.26. The number of fused-ring (bicyclic) bond motifs is 3. The molecule has 6 heteroatoms. The van der Waals surface area contributed by atoms with E-state index in [2.05, 4.69) is 10.4 Å². The maximum absolute atomic E-state index is 6.02. The lowest BCUT2D eigenvalue weighted by Crippen LogP contribution is -2.59. The number of rotatable bonds is 1. The molecule has 5 nitrogen and oxygen atoms in total. The Morgan fingerprint density at radius 1 is 1.26 bits per heavy atom. The number of hydroxylamine groups is 1. The molecular weight excluding hydrogens is 314 g/mol. The van der Waals surface area contributed by atoms with Gasteiger partial charge in [-0.2, -0.15) is 0 Å². The highest BCUT2D eigenvalue weighted by molar-refractivity contribution is 6.29. The van der Waals surface area contributed by atoms with E-state index in [4.69, 9.17) is 25.8 Å². The number of hydrogen-bond acceptors (Lipinski definition) is 4. The molecule has 1 aromatic heterocycles. The van der Waals surface area contributed by atoms with Gasteiger partial charge in [0.2, 0.25) is 0 Å². The van der Waals surface area contributed by atoms with Crippen LogP contribution in [0.4, 0.5) is 5.69 Å². The van der Waals surface area contributed by atoms with Crippen LogP contribution in [0.15, 0.2) is 33.7 Å². The molecule has 5 heterocycles. The number of furan rings is 1. The number of benzene rings is 1. The number of amidine groups is 1. The van der Waals surface area contributed by atoms with Crippen molar-refractivity contribution in [3.8, 4) is 0 Å². The van der Waals surface area contributed by atoms with Crippen LogP contribution in [0.3, 0.4) is 0 Å². The molecule has 2 aromatic rings. The van der Waals surface area contributed by atoms with Gasteiger partial charge in [-0.05, 0) is 55.6 Å². The molecule has 4 fully saturated rings. The summed E-state index contributed by atoms with van der Waals surface area (Å²) >= 11 is 5.90. The molecule has 4 aliphatic heterocycles. The summed E-state index contributed by atoms with van der Waals surface area (Å²) in [5, 5.41) is 1.39. The minimum atomic E-state index is -0.0899. The zero-order chi connectivity index (χ0) is 15.4. The topological polar surface area (TPSA) is 50.0 Å². The van der Waals surface area contributed by atoms with Crippen LogP contribution in [0.2, 0.25) is 5.22 Å². The number of piperidine rings is 3. The lowest BCUT2D eigenvalue weighted by Gasteiger charge is -2.49. The van der Waals surface area contributed by atoms with E-state index in [1.807, 2.05) is 24.3 Å². The minimum absolute atomic E-state index is 0.0899. The van der Waals surface area contributed by atoms with Gasteiger partial charge in [-0.15, -0.1) is 0 Å². The highest BCUT2D eigenvalue weighted by Gasteiger charge is 2.52. The van der Waals surface area contributed by atoms with Crippen LogP contribution in [0.25, 0.3) is 11.0 Å². The molecule has 0 unspecified atom stereocenters. The lowest BCUT2D eigenvalue weighted by atomic mass is 9.74. The third-order valence-electron chi connectivity index (χ3n) is 5.40. The van der Waals surface area contributed by atoms with E-state index in [0.29, 0.717) is 11.1 Å². The van der Waals surface area contributed by atoms with Crippen molar-refractivity contribution in [3.05, 3.63) is 29.5 Å². The van der Waals surface area contributed by atoms with Gasteiger partial charge in [0.15, 0.2) is 5.22 Å². The molecule has 4 aliphatic rings. The van der Waals surface area contributed by atoms with Crippen LogP contribution in [-0.2, 0) is 4.84 Å². The van der Waals surface area contributed by atoms with Crippen molar-refractivity contribution in [2.45, 2.75) is 24.9 Å². The fourth-order valence-electron chi connectivity index (χ4n) is 4.23. The van der Waals surface area contributed by atoms with E-state index in [1.165, 1.54) is 25.9 Å². The van der Waals surface area contributed by atoms with Crippen molar-refractivity contribution in [2.24, 2.45) is 10.9 Å². The van der Waals surface area contributed by atoms with Crippen LogP contribution in [0, 0.1) is 5.92 Å². The van der Waals surface area contributed by atoms with Gasteiger partial charge in [0.25, 0.3) is 0 Å². The molecule has 0 amide bonds. The summed E-state index contributed by atoms with van der Waals surface area (Å²) in [6.07, 6.45) is 3.31. The highest BCUT2D eigenvalue weighted by Crippen LogP contribution is 2.42. The van der Waals surface area contributed by atoms with E-state index in [-0.39, 0.29) is 5.60 Å². The second-order valence-electron chi connectivity index (χ2n) is 6.83. The molecule has 4 saturated heterocycles. The molecule has 1 atom stereocenters. The normalized spacial score (nSPS) is 34.6. The summed E-state index contributed by atoms with van der Waals surface area (Å²) in [6.45, 7) is 3.42. The first-order chi connectivity index (χ1) is 11.2. The van der Waals surface area contributed by atoms with Gasteiger partial charge in [-0.3, -0.25) is 10.3 Å². The van der Waals surface area contributed by atoms with Gasteiger partial charge in [0.1, 0.15) is 17.0 Å². The fourth-order valence-corrected chi connectivity index (χ4v) is 4.43. The summed E-state index contributed by atoms with van der Waals surface area (Å²) in [7, 11) is 0. The first-order valence-electron chi connectivity index (χ1n) is 8.13. The SMILES string of the molecule is Clc1cc2ccc(N=C3C[C@@]4(CN5CCC4CC5)ON3)cc2o1. The Morgan fingerprint density at radius 3 is 2.91 bits per heavy atom. The van der Waals surface area contributed by atoms with Gasteiger partial charge in [-0.1, -0.05) is 0 Å². The molecule has 1 aromatic carbocycles. The molecule has 23 heavy (non-hydrogen) atoms. The van der Waals surface area contributed by atoms with Crippen LogP contribution in [0.1, 0.15) is 19.3 Å². The summed E-state index contributed by atoms with van der Waals surface area (Å²) < 4.78 is 5.46. The number of aliphatic imine (C=N–C) groups is 1. The highest BCUT2D eigenvalue weighted by atomic mass is 35.5. The first kappa shape index (κ1) is 13.8. The quantitative estimate of drug-likeness (QED) is 0.869. The van der Waals surface area contributed by atoms with Gasteiger partial charge in [0, 0.05) is 30.5 Å². The molecular formula is C17H18ClN3O2. The summed E-state index contributed by atoms with van der Waals surface area (Å²) in [6, 6.07) is 7.68. The van der Waals surface area contributed by atoms with Crippen molar-refractivity contribution in [3.63, 3.8) is 0 Å². The van der Waals surface area contributed by atoms with Crippen LogP contribution >= 0.6 is 11.6 Å². The Bertz CT molecular complexity index is 794. The zero-order valence-corrected chi connectivity index (χ0v) is 13.5. The summed E-state index contributed by atoms with van der Waals surface area (Å²) in [5.41, 5.74) is 4.59.